The van der Waals surface area contributed by atoms with Crippen LogP contribution in [-0.2, 0) is 13.2 Å². The molecule has 0 atom stereocenters. The fourth-order valence-electron chi connectivity index (χ4n) is 1.57. The number of aromatic nitrogens is 2. The van der Waals surface area contributed by atoms with Gasteiger partial charge in [-0.05, 0) is 44.0 Å². The summed E-state index contributed by atoms with van der Waals surface area (Å²) < 4.78 is 45.1. The van der Waals surface area contributed by atoms with E-state index in [2.05, 4.69) is 36.8 Å². The smallest absolute Gasteiger partial charge is 0.406 e. The molecule has 0 saturated carbocycles. The lowest BCUT2D eigenvalue weighted by Gasteiger charge is -2.13. The van der Waals surface area contributed by atoms with Gasteiger partial charge in [-0.2, -0.15) is 13.2 Å². The summed E-state index contributed by atoms with van der Waals surface area (Å²) in [6.45, 7) is -1.13. The number of rotatable bonds is 4. The van der Waals surface area contributed by atoms with Crippen LogP contribution in [0.2, 0.25) is 0 Å². The molecule has 1 aromatic heterocycles. The first-order valence-corrected chi connectivity index (χ1v) is 7.09. The molecule has 0 bridgehead atoms. The SMILES string of the molecule is FC(F)(F)Cn1ccnc1COc1c(Br)cccc1Br. The van der Waals surface area contributed by atoms with Gasteiger partial charge in [0, 0.05) is 12.4 Å². The Morgan fingerprint density at radius 2 is 1.85 bits per heavy atom. The van der Waals surface area contributed by atoms with E-state index in [1.165, 1.54) is 12.4 Å². The molecule has 20 heavy (non-hydrogen) atoms. The minimum absolute atomic E-state index is 0.0513. The van der Waals surface area contributed by atoms with Crippen molar-refractivity contribution < 1.29 is 17.9 Å². The summed E-state index contributed by atoms with van der Waals surface area (Å²) in [7, 11) is 0. The van der Waals surface area contributed by atoms with E-state index in [1.54, 1.807) is 12.1 Å². The quantitative estimate of drug-likeness (QED) is 0.735. The largest absolute Gasteiger partial charge is 0.483 e. The second kappa shape index (κ2) is 6.17. The number of ether oxygens (including phenoxy) is 1. The minimum Gasteiger partial charge on any atom is -0.483 e. The monoisotopic (exact) mass is 412 g/mol. The van der Waals surface area contributed by atoms with Crippen LogP contribution in [-0.4, -0.2) is 15.7 Å². The molecule has 1 heterocycles. The van der Waals surface area contributed by atoms with E-state index in [1.807, 2.05) is 6.07 Å². The molecule has 0 spiro atoms. The third-order valence-electron chi connectivity index (χ3n) is 2.42. The van der Waals surface area contributed by atoms with Gasteiger partial charge in [0.25, 0.3) is 0 Å². The highest BCUT2D eigenvalue weighted by Crippen LogP contribution is 2.33. The topological polar surface area (TPSA) is 27.1 Å². The first kappa shape index (κ1) is 15.4. The predicted molar refractivity (Wildman–Crippen MR) is 74.5 cm³/mol. The van der Waals surface area contributed by atoms with Crippen LogP contribution in [0.15, 0.2) is 39.5 Å². The highest BCUT2D eigenvalue weighted by Gasteiger charge is 2.28. The van der Waals surface area contributed by atoms with Crippen LogP contribution in [0.4, 0.5) is 13.2 Å². The van der Waals surface area contributed by atoms with Crippen molar-refractivity contribution in [2.75, 3.05) is 0 Å². The zero-order valence-electron chi connectivity index (χ0n) is 9.99. The lowest BCUT2D eigenvalue weighted by Crippen LogP contribution is -2.19. The Bertz CT molecular complexity index is 578. The molecule has 0 radical (unpaired) electrons. The van der Waals surface area contributed by atoms with Gasteiger partial charge >= 0.3 is 6.18 Å². The molecule has 2 aromatic rings. The highest BCUT2D eigenvalue weighted by molar-refractivity contribution is 9.11. The number of hydrogen-bond acceptors (Lipinski definition) is 2. The molecule has 1 aromatic carbocycles. The number of alkyl halides is 3. The molecule has 0 saturated heterocycles. The van der Waals surface area contributed by atoms with Crippen LogP contribution in [0.3, 0.4) is 0 Å². The van der Waals surface area contributed by atoms with E-state index < -0.39 is 12.7 Å². The predicted octanol–water partition coefficient (Wildman–Crippen LogP) is 4.55. The van der Waals surface area contributed by atoms with Gasteiger partial charge in [-0.3, -0.25) is 0 Å². The van der Waals surface area contributed by atoms with Gasteiger partial charge in [0.15, 0.2) is 0 Å². The van der Waals surface area contributed by atoms with Crippen LogP contribution in [0.1, 0.15) is 5.82 Å². The second-order valence-corrected chi connectivity index (χ2v) is 5.63. The summed E-state index contributed by atoms with van der Waals surface area (Å²) >= 11 is 6.63. The summed E-state index contributed by atoms with van der Waals surface area (Å²) in [6, 6.07) is 5.37. The van der Waals surface area contributed by atoms with Crippen molar-refractivity contribution in [3.05, 3.63) is 45.4 Å². The van der Waals surface area contributed by atoms with E-state index >= 15 is 0 Å². The van der Waals surface area contributed by atoms with E-state index in [0.29, 0.717) is 14.7 Å². The maximum atomic E-state index is 12.4. The molecule has 3 nitrogen and oxygen atoms in total. The van der Waals surface area contributed by atoms with Gasteiger partial charge in [0.1, 0.15) is 24.7 Å². The summed E-state index contributed by atoms with van der Waals surface area (Å²) in [4.78, 5) is 3.88. The summed E-state index contributed by atoms with van der Waals surface area (Å²) in [6.07, 6.45) is -1.69. The maximum absolute atomic E-state index is 12.4. The maximum Gasteiger partial charge on any atom is 0.406 e. The van der Waals surface area contributed by atoms with Gasteiger partial charge in [-0.15, -0.1) is 0 Å². The van der Waals surface area contributed by atoms with E-state index in [9.17, 15) is 13.2 Å². The van der Waals surface area contributed by atoms with Gasteiger partial charge in [0.2, 0.25) is 0 Å². The van der Waals surface area contributed by atoms with Crippen LogP contribution >= 0.6 is 31.9 Å². The number of hydrogen-bond donors (Lipinski definition) is 0. The van der Waals surface area contributed by atoms with Crippen LogP contribution in [0.5, 0.6) is 5.75 Å². The number of halogens is 5. The molecule has 0 unspecified atom stereocenters. The molecule has 108 valence electrons. The standard InChI is InChI=1S/C12H9Br2F3N2O/c13-8-2-1-3-9(14)11(8)20-6-10-18-4-5-19(10)7-12(15,16)17/h1-5H,6-7H2. The fraction of sp³-hybridized carbons (Fsp3) is 0.250. The first-order valence-electron chi connectivity index (χ1n) is 5.50. The van der Waals surface area contributed by atoms with E-state index in [0.717, 1.165) is 4.57 Å². The minimum atomic E-state index is -4.29. The fourth-order valence-corrected chi connectivity index (χ4v) is 2.80. The van der Waals surface area contributed by atoms with Crippen molar-refractivity contribution in [1.29, 1.82) is 0 Å². The Morgan fingerprint density at radius 1 is 1.20 bits per heavy atom. The molecule has 0 fully saturated rings. The van der Waals surface area contributed by atoms with Gasteiger partial charge in [-0.25, -0.2) is 4.98 Å². The zero-order chi connectivity index (χ0) is 14.8. The van der Waals surface area contributed by atoms with Crippen molar-refractivity contribution in [3.63, 3.8) is 0 Å². The summed E-state index contributed by atoms with van der Waals surface area (Å²) in [5.41, 5.74) is 0. The van der Waals surface area contributed by atoms with Gasteiger partial charge in [-0.1, -0.05) is 6.07 Å². The Hall–Kier alpha value is -1.02. The highest BCUT2D eigenvalue weighted by atomic mass is 79.9. The Balaban J connectivity index is 2.10. The van der Waals surface area contributed by atoms with Crippen molar-refractivity contribution in [3.8, 4) is 5.75 Å². The third-order valence-corrected chi connectivity index (χ3v) is 3.66. The van der Waals surface area contributed by atoms with Crippen molar-refractivity contribution in [2.24, 2.45) is 0 Å². The normalized spacial score (nSPS) is 11.7. The van der Waals surface area contributed by atoms with Gasteiger partial charge < -0.3 is 9.30 Å². The van der Waals surface area contributed by atoms with Crippen LogP contribution in [0.25, 0.3) is 0 Å². The second-order valence-electron chi connectivity index (χ2n) is 3.93. The number of nitrogens with zero attached hydrogens (tertiary/aromatic N) is 2. The Labute approximate surface area is 130 Å². The molecule has 0 amide bonds. The lowest BCUT2D eigenvalue weighted by atomic mass is 10.3. The molecule has 8 heteroatoms. The van der Waals surface area contributed by atoms with Gasteiger partial charge in [0.05, 0.1) is 8.95 Å². The molecule has 2 rings (SSSR count). The molecule has 0 aliphatic rings. The zero-order valence-corrected chi connectivity index (χ0v) is 13.2. The lowest BCUT2D eigenvalue weighted by molar-refractivity contribution is -0.141. The van der Waals surface area contributed by atoms with Crippen LogP contribution in [0, 0.1) is 0 Å². The van der Waals surface area contributed by atoms with E-state index in [-0.39, 0.29) is 12.4 Å². The number of benzene rings is 1. The average molecular weight is 414 g/mol. The van der Waals surface area contributed by atoms with E-state index in [4.69, 9.17) is 4.74 Å². The Morgan fingerprint density at radius 3 is 2.45 bits per heavy atom. The molecule has 0 aliphatic heterocycles. The van der Waals surface area contributed by atoms with Crippen LogP contribution < -0.4 is 4.74 Å². The average Bonchev–Trinajstić information content (AvgIpc) is 2.73. The summed E-state index contributed by atoms with van der Waals surface area (Å²) in [5.74, 6) is 0.735. The van der Waals surface area contributed by atoms with Crippen molar-refractivity contribution in [2.45, 2.75) is 19.3 Å². The summed E-state index contributed by atoms with van der Waals surface area (Å²) in [5, 5.41) is 0. The van der Waals surface area contributed by atoms with Crippen molar-refractivity contribution in [1.82, 2.24) is 9.55 Å². The first-order chi connectivity index (χ1) is 9.37. The number of imidazole rings is 1. The molecule has 0 aliphatic carbocycles. The molecular formula is C12H9Br2F3N2O. The third kappa shape index (κ3) is 3.99. The molecule has 0 N–H and O–H groups in total. The Kier molecular flexibility index (Phi) is 4.74. The number of para-hydroxylation sites is 1. The molecular weight excluding hydrogens is 405 g/mol. The van der Waals surface area contributed by atoms with Crippen molar-refractivity contribution >= 4 is 31.9 Å².